The van der Waals surface area contributed by atoms with Gasteiger partial charge in [0.25, 0.3) is 5.91 Å². The molecule has 3 rings (SSSR count). The van der Waals surface area contributed by atoms with Crippen molar-refractivity contribution in [2.75, 3.05) is 13.2 Å². The number of ether oxygens (including phenoxy) is 1. The van der Waals surface area contributed by atoms with E-state index in [0.29, 0.717) is 25.3 Å². The summed E-state index contributed by atoms with van der Waals surface area (Å²) in [5.74, 6) is 0.181. The molecule has 172 valence electrons. The molecule has 5 nitrogen and oxygen atoms in total. The number of rotatable bonds is 10. The van der Waals surface area contributed by atoms with Crippen LogP contribution in [0.3, 0.4) is 0 Å². The van der Waals surface area contributed by atoms with Gasteiger partial charge >= 0.3 is 0 Å². The predicted octanol–water partition coefficient (Wildman–Crippen LogP) is 4.91. The number of halogens is 1. The van der Waals surface area contributed by atoms with Crippen LogP contribution in [-0.2, 0) is 22.6 Å². The second-order valence-corrected chi connectivity index (χ2v) is 8.71. The SMILES string of the molecule is CCNC(=O)[C@@H](Cc1ccccc1)N(Cc1ccccc1C)C(=O)COc1ccc(Br)cc1. The Balaban J connectivity index is 1.89. The third-order valence-electron chi connectivity index (χ3n) is 5.40. The fraction of sp³-hybridized carbons (Fsp3) is 0.259. The van der Waals surface area contributed by atoms with E-state index in [1.165, 1.54) is 0 Å². The highest BCUT2D eigenvalue weighted by atomic mass is 79.9. The lowest BCUT2D eigenvalue weighted by atomic mass is 10.0. The molecule has 0 unspecified atom stereocenters. The van der Waals surface area contributed by atoms with Crippen LogP contribution in [0.15, 0.2) is 83.3 Å². The van der Waals surface area contributed by atoms with Gasteiger partial charge in [0, 0.05) is 24.0 Å². The summed E-state index contributed by atoms with van der Waals surface area (Å²) in [6.45, 7) is 4.55. The Labute approximate surface area is 203 Å². The van der Waals surface area contributed by atoms with E-state index in [2.05, 4.69) is 21.2 Å². The zero-order chi connectivity index (χ0) is 23.6. The molecule has 33 heavy (non-hydrogen) atoms. The summed E-state index contributed by atoms with van der Waals surface area (Å²) in [5, 5.41) is 2.90. The number of carbonyl (C=O) groups excluding carboxylic acids is 2. The topological polar surface area (TPSA) is 58.6 Å². The van der Waals surface area contributed by atoms with Gasteiger partial charge in [0.05, 0.1) is 0 Å². The van der Waals surface area contributed by atoms with E-state index in [1.54, 1.807) is 17.0 Å². The van der Waals surface area contributed by atoms with Crippen molar-refractivity contribution in [1.29, 1.82) is 0 Å². The largest absolute Gasteiger partial charge is 0.484 e. The standard InChI is InChI=1S/C27H29BrN2O3/c1-3-29-27(32)25(17-21-10-5-4-6-11-21)30(18-22-12-8-7-9-20(22)2)26(31)19-33-24-15-13-23(28)14-16-24/h4-16,25H,3,17-19H2,1-2H3,(H,29,32)/t25-/m1/s1. The molecule has 0 fully saturated rings. The molecule has 3 aromatic carbocycles. The Kier molecular flexibility index (Phi) is 9.07. The fourth-order valence-corrected chi connectivity index (χ4v) is 3.84. The number of nitrogens with one attached hydrogen (secondary N) is 1. The normalized spacial score (nSPS) is 11.5. The van der Waals surface area contributed by atoms with Gasteiger partial charge in [0.1, 0.15) is 11.8 Å². The predicted molar refractivity (Wildman–Crippen MR) is 134 cm³/mol. The summed E-state index contributed by atoms with van der Waals surface area (Å²) in [6.07, 6.45) is 0.419. The van der Waals surface area contributed by atoms with Crippen LogP contribution in [0.1, 0.15) is 23.6 Å². The van der Waals surface area contributed by atoms with E-state index in [0.717, 1.165) is 21.2 Å². The van der Waals surface area contributed by atoms with Gasteiger partial charge in [-0.15, -0.1) is 0 Å². The highest BCUT2D eigenvalue weighted by Gasteiger charge is 2.30. The van der Waals surface area contributed by atoms with Crippen LogP contribution in [0.2, 0.25) is 0 Å². The van der Waals surface area contributed by atoms with E-state index in [-0.39, 0.29) is 18.4 Å². The van der Waals surface area contributed by atoms with Gasteiger partial charge in [0.15, 0.2) is 6.61 Å². The summed E-state index contributed by atoms with van der Waals surface area (Å²) in [7, 11) is 0. The molecule has 0 aromatic heterocycles. The van der Waals surface area contributed by atoms with Crippen molar-refractivity contribution in [3.8, 4) is 5.75 Å². The summed E-state index contributed by atoms with van der Waals surface area (Å²) in [6, 6.07) is 24.3. The summed E-state index contributed by atoms with van der Waals surface area (Å²) in [5.41, 5.74) is 3.06. The van der Waals surface area contributed by atoms with Gasteiger partial charge in [-0.05, 0) is 54.8 Å². The average Bonchev–Trinajstić information content (AvgIpc) is 2.82. The Hall–Kier alpha value is -3.12. The smallest absolute Gasteiger partial charge is 0.261 e. The number of hydrogen-bond donors (Lipinski definition) is 1. The van der Waals surface area contributed by atoms with Crippen LogP contribution in [0.5, 0.6) is 5.75 Å². The molecule has 6 heteroatoms. The van der Waals surface area contributed by atoms with E-state index >= 15 is 0 Å². The Bertz CT molecular complexity index is 1050. The van der Waals surface area contributed by atoms with Crippen LogP contribution < -0.4 is 10.1 Å². The van der Waals surface area contributed by atoms with Crippen LogP contribution in [0.4, 0.5) is 0 Å². The van der Waals surface area contributed by atoms with Gasteiger partial charge in [-0.2, -0.15) is 0 Å². The number of likely N-dealkylation sites (N-methyl/N-ethyl adjacent to an activating group) is 1. The van der Waals surface area contributed by atoms with Crippen LogP contribution in [0, 0.1) is 6.92 Å². The highest BCUT2D eigenvalue weighted by molar-refractivity contribution is 9.10. The summed E-state index contributed by atoms with van der Waals surface area (Å²) < 4.78 is 6.70. The quantitative estimate of drug-likeness (QED) is 0.423. The molecule has 0 heterocycles. The van der Waals surface area contributed by atoms with Gasteiger partial charge in [-0.25, -0.2) is 0 Å². The third-order valence-corrected chi connectivity index (χ3v) is 5.93. The lowest BCUT2D eigenvalue weighted by molar-refractivity contribution is -0.142. The summed E-state index contributed by atoms with van der Waals surface area (Å²) >= 11 is 3.40. The van der Waals surface area contributed by atoms with Crippen molar-refractivity contribution in [2.45, 2.75) is 32.9 Å². The van der Waals surface area contributed by atoms with Crippen molar-refractivity contribution in [3.63, 3.8) is 0 Å². The van der Waals surface area contributed by atoms with Crippen molar-refractivity contribution >= 4 is 27.7 Å². The second kappa shape index (κ2) is 12.2. The minimum Gasteiger partial charge on any atom is -0.484 e. The maximum Gasteiger partial charge on any atom is 0.261 e. The molecule has 0 bridgehead atoms. The molecule has 0 aliphatic heterocycles. The minimum absolute atomic E-state index is 0.155. The number of aryl methyl sites for hydroxylation is 1. The Morgan fingerprint density at radius 1 is 0.970 bits per heavy atom. The molecule has 0 radical (unpaired) electrons. The Morgan fingerprint density at radius 3 is 2.30 bits per heavy atom. The van der Waals surface area contributed by atoms with E-state index < -0.39 is 6.04 Å². The van der Waals surface area contributed by atoms with Gasteiger partial charge in [-0.3, -0.25) is 9.59 Å². The monoisotopic (exact) mass is 508 g/mol. The van der Waals surface area contributed by atoms with Crippen molar-refractivity contribution < 1.29 is 14.3 Å². The summed E-state index contributed by atoms with van der Waals surface area (Å²) in [4.78, 5) is 28.2. The maximum atomic E-state index is 13.5. The molecule has 1 N–H and O–H groups in total. The van der Waals surface area contributed by atoms with E-state index in [9.17, 15) is 9.59 Å². The number of amides is 2. The maximum absolute atomic E-state index is 13.5. The molecule has 0 spiro atoms. The van der Waals surface area contributed by atoms with E-state index in [4.69, 9.17) is 4.74 Å². The van der Waals surface area contributed by atoms with Crippen LogP contribution in [-0.4, -0.2) is 35.9 Å². The molecular formula is C27H29BrN2O3. The number of hydrogen-bond acceptors (Lipinski definition) is 3. The van der Waals surface area contributed by atoms with Gasteiger partial charge in [0.2, 0.25) is 5.91 Å². The first-order valence-corrected chi connectivity index (χ1v) is 11.8. The molecular weight excluding hydrogens is 480 g/mol. The second-order valence-electron chi connectivity index (χ2n) is 7.79. The fourth-order valence-electron chi connectivity index (χ4n) is 3.58. The lowest BCUT2D eigenvalue weighted by Gasteiger charge is -2.31. The van der Waals surface area contributed by atoms with Crippen LogP contribution >= 0.6 is 15.9 Å². The zero-order valence-corrected chi connectivity index (χ0v) is 20.5. The minimum atomic E-state index is -0.659. The van der Waals surface area contributed by atoms with Crippen molar-refractivity contribution in [1.82, 2.24) is 10.2 Å². The highest BCUT2D eigenvalue weighted by Crippen LogP contribution is 2.19. The molecule has 0 saturated carbocycles. The first-order valence-electron chi connectivity index (χ1n) is 11.0. The molecule has 1 atom stereocenters. The average molecular weight is 509 g/mol. The zero-order valence-electron chi connectivity index (χ0n) is 19.0. The molecule has 2 amide bonds. The van der Waals surface area contributed by atoms with Crippen molar-refractivity contribution in [3.05, 3.63) is 100 Å². The van der Waals surface area contributed by atoms with E-state index in [1.807, 2.05) is 80.6 Å². The van der Waals surface area contributed by atoms with Gasteiger partial charge in [-0.1, -0.05) is 70.5 Å². The number of nitrogens with zero attached hydrogens (tertiary/aromatic N) is 1. The third kappa shape index (κ3) is 7.19. The molecule has 0 saturated heterocycles. The first-order chi connectivity index (χ1) is 16.0. The number of benzene rings is 3. The lowest BCUT2D eigenvalue weighted by Crippen LogP contribution is -2.51. The van der Waals surface area contributed by atoms with Crippen LogP contribution in [0.25, 0.3) is 0 Å². The molecule has 3 aromatic rings. The first kappa shape index (κ1) is 24.5. The molecule has 0 aliphatic rings. The number of carbonyl (C=O) groups is 2. The van der Waals surface area contributed by atoms with Crippen molar-refractivity contribution in [2.24, 2.45) is 0 Å². The molecule has 0 aliphatic carbocycles. The Morgan fingerprint density at radius 2 is 1.64 bits per heavy atom. The van der Waals surface area contributed by atoms with Gasteiger partial charge < -0.3 is 15.0 Å².